The summed E-state index contributed by atoms with van der Waals surface area (Å²) >= 11 is 0. The van der Waals surface area contributed by atoms with Crippen molar-refractivity contribution in [3.05, 3.63) is 0 Å². The average molecular weight is 211 g/mol. The second kappa shape index (κ2) is 3.53. The van der Waals surface area contributed by atoms with E-state index in [1.807, 2.05) is 0 Å². The molecule has 0 radical (unpaired) electrons. The number of halogens is 2. The first kappa shape index (κ1) is 10.9. The Kier molecular flexibility index (Phi) is 2.97. The molecule has 0 N–H and O–H groups in total. The van der Waals surface area contributed by atoms with E-state index in [4.69, 9.17) is 0 Å². The van der Waals surface area contributed by atoms with Gasteiger partial charge in [0.25, 0.3) is 0 Å². The summed E-state index contributed by atoms with van der Waals surface area (Å²) in [6.45, 7) is 0.546. The van der Waals surface area contributed by atoms with Crippen molar-refractivity contribution in [2.75, 3.05) is 0 Å². The molecule has 2 nitrogen and oxygen atoms in total. The van der Waals surface area contributed by atoms with E-state index in [-0.39, 0.29) is 5.25 Å². The number of alkyl halides is 2. The molecule has 1 atom stereocenters. The van der Waals surface area contributed by atoms with Crippen LogP contribution in [0.25, 0.3) is 0 Å². The lowest BCUT2D eigenvalue weighted by atomic mass is 10.4. The summed E-state index contributed by atoms with van der Waals surface area (Å²) in [5, 5.41) is -0.121. The van der Waals surface area contributed by atoms with Gasteiger partial charge in [-0.2, -0.15) is 13.1 Å². The molecule has 0 bridgehead atoms. The van der Waals surface area contributed by atoms with E-state index in [9.17, 15) is 13.0 Å². The van der Waals surface area contributed by atoms with Crippen LogP contribution in [0, 0.1) is 0 Å². The fraction of sp³-hybridized carbons (Fsp3) is 0.875. The maximum Gasteiger partial charge on any atom is 0.305 e. The Morgan fingerprint density at radius 1 is 1.46 bits per heavy atom. The molecule has 13 heavy (non-hydrogen) atoms. The molecule has 0 aliphatic heterocycles. The predicted octanol–water partition coefficient (Wildman–Crippen LogP) is 1.71. The van der Waals surface area contributed by atoms with Gasteiger partial charge in [0.15, 0.2) is 0 Å². The molecule has 78 valence electrons. The summed E-state index contributed by atoms with van der Waals surface area (Å²) in [5.41, 5.74) is 0. The highest BCUT2D eigenvalue weighted by molar-refractivity contribution is 7.99. The molecule has 1 saturated carbocycles. The maximum absolute atomic E-state index is 12.5. The van der Waals surface area contributed by atoms with Crippen LogP contribution in [0.5, 0.6) is 0 Å². The first-order valence-electron chi connectivity index (χ1n) is 4.30. The van der Waals surface area contributed by atoms with Gasteiger partial charge in [-0.15, -0.1) is 0 Å². The van der Waals surface area contributed by atoms with E-state index in [0.717, 1.165) is 17.1 Å². The van der Waals surface area contributed by atoms with Crippen LogP contribution in [0.15, 0.2) is 0 Å². The van der Waals surface area contributed by atoms with Gasteiger partial charge in [-0.05, 0) is 32.6 Å². The van der Waals surface area contributed by atoms with Crippen molar-refractivity contribution >= 4 is 15.6 Å². The van der Waals surface area contributed by atoms with Crippen molar-refractivity contribution in [1.29, 1.82) is 0 Å². The third-order valence-electron chi connectivity index (χ3n) is 2.10. The molecule has 0 aromatic heterocycles. The van der Waals surface area contributed by atoms with Gasteiger partial charge in [-0.3, -0.25) is 4.21 Å². The molecule has 0 amide bonds. The molecule has 1 aliphatic carbocycles. The van der Waals surface area contributed by atoms with Gasteiger partial charge in [0.2, 0.25) is 0 Å². The quantitative estimate of drug-likeness (QED) is 0.512. The monoisotopic (exact) mass is 211 g/mol. The van der Waals surface area contributed by atoms with E-state index in [1.165, 1.54) is 0 Å². The molecule has 1 unspecified atom stereocenters. The van der Waals surface area contributed by atoms with Crippen LogP contribution in [-0.4, -0.2) is 32.2 Å². The lowest BCUT2D eigenvalue weighted by Gasteiger charge is -2.28. The number of rotatable bonds is 4. The van der Waals surface area contributed by atoms with Crippen LogP contribution in [0.2, 0.25) is 0 Å². The molecular weight excluding hydrogens is 196 g/mol. The molecule has 0 aromatic rings. The molecule has 0 heterocycles. The third kappa shape index (κ3) is 2.20. The Morgan fingerprint density at radius 2 is 1.92 bits per heavy atom. The van der Waals surface area contributed by atoms with Crippen molar-refractivity contribution < 1.29 is 13.0 Å². The fourth-order valence-corrected chi connectivity index (χ4v) is 3.53. The fourth-order valence-electron chi connectivity index (χ4n) is 1.33. The van der Waals surface area contributed by atoms with Gasteiger partial charge < -0.3 is 0 Å². The Balaban J connectivity index is 2.86. The van der Waals surface area contributed by atoms with Crippen LogP contribution in [-0.2, 0) is 9.71 Å². The summed E-state index contributed by atoms with van der Waals surface area (Å²) in [7, 11) is -2.74. The van der Waals surface area contributed by atoms with Crippen molar-refractivity contribution in [3.63, 3.8) is 0 Å². The zero-order chi connectivity index (χ0) is 10.2. The van der Waals surface area contributed by atoms with E-state index in [2.05, 4.69) is 5.87 Å². The van der Waals surface area contributed by atoms with Crippen molar-refractivity contribution in [1.82, 2.24) is 4.31 Å². The van der Waals surface area contributed by atoms with E-state index in [1.54, 1.807) is 13.8 Å². The molecule has 0 spiro atoms. The zero-order valence-electron chi connectivity index (χ0n) is 7.87. The smallest absolute Gasteiger partial charge is 0.252 e. The lowest BCUT2D eigenvalue weighted by Crippen LogP contribution is -2.42. The highest BCUT2D eigenvalue weighted by Gasteiger charge is 2.39. The molecule has 0 saturated heterocycles. The second-order valence-electron chi connectivity index (χ2n) is 3.62. The highest BCUT2D eigenvalue weighted by atomic mass is 32.2. The van der Waals surface area contributed by atoms with Gasteiger partial charge in [0, 0.05) is 21.0 Å². The van der Waals surface area contributed by atoms with Gasteiger partial charge in [0.05, 0.1) is 0 Å². The normalized spacial score (nSPS) is 22.7. The molecule has 5 heteroatoms. The predicted molar refractivity (Wildman–Crippen MR) is 51.3 cm³/mol. The SMILES string of the molecule is C=S(=O)(C1CC1)N(C(C)C)C(F)F. The summed E-state index contributed by atoms with van der Waals surface area (Å²) in [5.74, 6) is 3.45. The van der Waals surface area contributed by atoms with Gasteiger partial charge in [0.1, 0.15) is 0 Å². The Labute approximate surface area is 78.1 Å². The van der Waals surface area contributed by atoms with E-state index in [0.29, 0.717) is 0 Å². The van der Waals surface area contributed by atoms with Gasteiger partial charge in [-0.25, -0.2) is 0 Å². The van der Waals surface area contributed by atoms with Gasteiger partial charge in [-0.1, -0.05) is 0 Å². The van der Waals surface area contributed by atoms with Crippen molar-refractivity contribution in [2.45, 2.75) is 44.5 Å². The van der Waals surface area contributed by atoms with E-state index < -0.39 is 22.3 Å². The van der Waals surface area contributed by atoms with Crippen molar-refractivity contribution in [2.24, 2.45) is 0 Å². The minimum atomic E-state index is -2.74. The van der Waals surface area contributed by atoms with Crippen LogP contribution in [0.3, 0.4) is 0 Å². The topological polar surface area (TPSA) is 20.3 Å². The Bertz CT molecular complexity index is 262. The zero-order valence-corrected chi connectivity index (χ0v) is 8.69. The minimum Gasteiger partial charge on any atom is -0.252 e. The van der Waals surface area contributed by atoms with Crippen molar-refractivity contribution in [3.8, 4) is 0 Å². The molecule has 0 aromatic carbocycles. The van der Waals surface area contributed by atoms with Crippen LogP contribution in [0.1, 0.15) is 26.7 Å². The van der Waals surface area contributed by atoms with Crippen LogP contribution >= 0.6 is 0 Å². The minimum absolute atomic E-state index is 0.121. The molecule has 1 fully saturated rings. The lowest BCUT2D eigenvalue weighted by molar-refractivity contribution is 0.0185. The largest absolute Gasteiger partial charge is 0.305 e. The van der Waals surface area contributed by atoms with Gasteiger partial charge >= 0.3 is 6.55 Å². The third-order valence-corrected chi connectivity index (χ3v) is 4.91. The Hall–Kier alpha value is -0.160. The highest BCUT2D eigenvalue weighted by Crippen LogP contribution is 2.33. The number of hydrogen-bond donors (Lipinski definition) is 0. The summed E-state index contributed by atoms with van der Waals surface area (Å²) in [6, 6.07) is -0.425. The van der Waals surface area contributed by atoms with E-state index >= 15 is 0 Å². The summed E-state index contributed by atoms with van der Waals surface area (Å²) < 4.78 is 37.7. The molecular formula is C8H15F2NOS. The van der Waals surface area contributed by atoms with Crippen LogP contribution in [0.4, 0.5) is 8.78 Å². The molecule has 1 aliphatic rings. The first-order chi connectivity index (χ1) is 5.87. The first-order valence-corrected chi connectivity index (χ1v) is 6.04. The Morgan fingerprint density at radius 3 is 2.15 bits per heavy atom. The number of hydrogen-bond acceptors (Lipinski definition) is 1. The standard InChI is InChI=1S/C8H15F2NOS/c1-6(2)11(8(9)10)13(3,12)7-4-5-7/h6-8H,3-5H2,1-2H3. The van der Waals surface area contributed by atoms with Crippen LogP contribution < -0.4 is 0 Å². The second-order valence-corrected chi connectivity index (χ2v) is 6.09. The maximum atomic E-state index is 12.5. The molecule has 1 rings (SSSR count). The average Bonchev–Trinajstić information content (AvgIpc) is 2.61. The summed E-state index contributed by atoms with van der Waals surface area (Å²) in [6.07, 6.45) is 1.52. The summed E-state index contributed by atoms with van der Waals surface area (Å²) in [4.78, 5) is 0. The number of nitrogens with zero attached hydrogens (tertiary/aromatic N) is 1.